The fraction of sp³-hybridized carbons (Fsp3) is 0.294. The molecule has 0 aromatic carbocycles. The summed E-state index contributed by atoms with van der Waals surface area (Å²) >= 11 is 0. The molecule has 0 saturated carbocycles. The zero-order valence-electron chi connectivity index (χ0n) is 13.9. The van der Waals surface area contributed by atoms with Gasteiger partial charge < -0.3 is 19.9 Å². The highest BCUT2D eigenvalue weighted by Gasteiger charge is 2.26. The van der Waals surface area contributed by atoms with Crippen molar-refractivity contribution in [3.8, 4) is 5.75 Å². The second-order valence-corrected chi connectivity index (χ2v) is 5.53. The summed E-state index contributed by atoms with van der Waals surface area (Å²) in [6, 6.07) is 7.02. The summed E-state index contributed by atoms with van der Waals surface area (Å²) in [6.45, 7) is 2.12. The molecule has 3 heterocycles. The Morgan fingerprint density at radius 3 is 2.64 bits per heavy atom. The summed E-state index contributed by atoms with van der Waals surface area (Å²) in [7, 11) is 1.61. The number of piperazine rings is 1. The molecule has 1 aliphatic rings. The number of carbonyl (C=O) groups excluding carboxylic acids is 2. The Hall–Kier alpha value is -3.16. The maximum atomic E-state index is 12.3. The van der Waals surface area contributed by atoms with Crippen molar-refractivity contribution in [1.82, 2.24) is 14.9 Å². The molecule has 8 heteroatoms. The van der Waals surface area contributed by atoms with Crippen LogP contribution >= 0.6 is 0 Å². The average molecular weight is 341 g/mol. The molecule has 8 nitrogen and oxygen atoms in total. The van der Waals surface area contributed by atoms with Gasteiger partial charge in [-0.05, 0) is 18.2 Å². The van der Waals surface area contributed by atoms with Crippen LogP contribution in [-0.2, 0) is 9.59 Å². The number of amides is 2. The van der Waals surface area contributed by atoms with Crippen LogP contribution in [0.4, 0.5) is 11.5 Å². The highest BCUT2D eigenvalue weighted by Crippen LogP contribution is 2.19. The Balaban J connectivity index is 1.56. The van der Waals surface area contributed by atoms with E-state index in [0.29, 0.717) is 31.9 Å². The van der Waals surface area contributed by atoms with Crippen molar-refractivity contribution in [1.29, 1.82) is 0 Å². The zero-order valence-corrected chi connectivity index (χ0v) is 13.9. The molecule has 0 unspecified atom stereocenters. The first-order valence-corrected chi connectivity index (χ1v) is 7.92. The Kier molecular flexibility index (Phi) is 5.08. The van der Waals surface area contributed by atoms with Crippen LogP contribution in [0.15, 0.2) is 42.9 Å². The van der Waals surface area contributed by atoms with Gasteiger partial charge in [0.1, 0.15) is 11.6 Å². The highest BCUT2D eigenvalue weighted by molar-refractivity contribution is 6.39. The number of pyridine rings is 2. The number of hydrogen-bond donors (Lipinski definition) is 1. The lowest BCUT2D eigenvalue weighted by Crippen LogP contribution is -2.51. The standard InChI is InChI=1S/C17H19N5O3/c1-25-14-4-6-19-15(11-14)21-7-9-22(10-8-21)17(24)16(23)20-13-3-2-5-18-12-13/h2-6,11-12H,7-10H2,1H3,(H,20,23). The van der Waals surface area contributed by atoms with Crippen molar-refractivity contribution in [2.45, 2.75) is 0 Å². The molecule has 25 heavy (non-hydrogen) atoms. The van der Waals surface area contributed by atoms with Crippen LogP contribution in [0.3, 0.4) is 0 Å². The van der Waals surface area contributed by atoms with E-state index in [-0.39, 0.29) is 0 Å². The number of nitrogens with zero attached hydrogens (tertiary/aromatic N) is 4. The lowest BCUT2D eigenvalue weighted by molar-refractivity contribution is -0.143. The first-order valence-electron chi connectivity index (χ1n) is 7.92. The van der Waals surface area contributed by atoms with E-state index in [1.807, 2.05) is 6.07 Å². The minimum absolute atomic E-state index is 0.457. The number of aromatic nitrogens is 2. The second kappa shape index (κ2) is 7.61. The monoisotopic (exact) mass is 341 g/mol. The van der Waals surface area contributed by atoms with Crippen molar-refractivity contribution in [2.24, 2.45) is 0 Å². The molecular formula is C17H19N5O3. The van der Waals surface area contributed by atoms with Crippen LogP contribution in [0.2, 0.25) is 0 Å². The molecule has 3 rings (SSSR count). The molecule has 1 fully saturated rings. The molecule has 1 saturated heterocycles. The molecule has 0 radical (unpaired) electrons. The SMILES string of the molecule is COc1ccnc(N2CCN(C(=O)C(=O)Nc3cccnc3)CC2)c1. The molecule has 1 N–H and O–H groups in total. The summed E-state index contributed by atoms with van der Waals surface area (Å²) < 4.78 is 5.20. The van der Waals surface area contributed by atoms with Gasteiger partial charge in [-0.2, -0.15) is 0 Å². The molecule has 2 aromatic heterocycles. The van der Waals surface area contributed by atoms with Crippen LogP contribution in [0.25, 0.3) is 0 Å². The van der Waals surface area contributed by atoms with E-state index in [4.69, 9.17) is 4.74 Å². The molecule has 2 amide bonds. The predicted octanol–water partition coefficient (Wildman–Crippen LogP) is 0.772. The fourth-order valence-electron chi connectivity index (χ4n) is 2.60. The van der Waals surface area contributed by atoms with Crippen molar-refractivity contribution >= 4 is 23.3 Å². The van der Waals surface area contributed by atoms with E-state index in [9.17, 15) is 9.59 Å². The number of anilines is 2. The van der Waals surface area contributed by atoms with Crippen molar-refractivity contribution in [2.75, 3.05) is 43.5 Å². The van der Waals surface area contributed by atoms with Crippen molar-refractivity contribution in [3.05, 3.63) is 42.9 Å². The lowest BCUT2D eigenvalue weighted by Gasteiger charge is -2.35. The first-order chi connectivity index (χ1) is 12.2. The van der Waals surface area contributed by atoms with Gasteiger partial charge in [0.2, 0.25) is 0 Å². The molecular weight excluding hydrogens is 322 g/mol. The van der Waals surface area contributed by atoms with E-state index in [1.165, 1.54) is 6.20 Å². The van der Waals surface area contributed by atoms with Gasteiger partial charge in [0.25, 0.3) is 0 Å². The average Bonchev–Trinajstić information content (AvgIpc) is 2.68. The molecule has 0 atom stereocenters. The number of hydrogen-bond acceptors (Lipinski definition) is 6. The third-order valence-corrected chi connectivity index (χ3v) is 3.96. The number of rotatable bonds is 3. The van der Waals surface area contributed by atoms with E-state index in [0.717, 1.165) is 11.6 Å². The Morgan fingerprint density at radius 1 is 1.16 bits per heavy atom. The minimum Gasteiger partial charge on any atom is -0.497 e. The third kappa shape index (κ3) is 4.03. The predicted molar refractivity (Wildman–Crippen MR) is 92.4 cm³/mol. The number of methoxy groups -OCH3 is 1. The van der Waals surface area contributed by atoms with Gasteiger partial charge in [0.15, 0.2) is 0 Å². The molecule has 130 valence electrons. The summed E-state index contributed by atoms with van der Waals surface area (Å²) in [5.74, 6) is 0.341. The van der Waals surface area contributed by atoms with Crippen LogP contribution < -0.4 is 15.0 Å². The summed E-state index contributed by atoms with van der Waals surface area (Å²) in [5, 5.41) is 2.56. The van der Waals surface area contributed by atoms with Gasteiger partial charge in [-0.1, -0.05) is 0 Å². The van der Waals surface area contributed by atoms with Crippen LogP contribution in [-0.4, -0.2) is 60.0 Å². The van der Waals surface area contributed by atoms with Crippen LogP contribution in [0.1, 0.15) is 0 Å². The normalized spacial score (nSPS) is 14.1. The Morgan fingerprint density at radius 2 is 1.96 bits per heavy atom. The van der Waals surface area contributed by atoms with E-state index >= 15 is 0 Å². The molecule has 0 spiro atoms. The number of ether oxygens (including phenoxy) is 1. The van der Waals surface area contributed by atoms with Crippen LogP contribution in [0, 0.1) is 0 Å². The summed E-state index contributed by atoms with van der Waals surface area (Å²) in [6.07, 6.45) is 4.79. The highest BCUT2D eigenvalue weighted by atomic mass is 16.5. The van der Waals surface area contributed by atoms with Crippen molar-refractivity contribution in [3.63, 3.8) is 0 Å². The molecule has 0 bridgehead atoms. The van der Waals surface area contributed by atoms with Gasteiger partial charge in [-0.15, -0.1) is 0 Å². The largest absolute Gasteiger partial charge is 0.497 e. The Labute approximate surface area is 145 Å². The quantitative estimate of drug-likeness (QED) is 0.830. The van der Waals surface area contributed by atoms with Crippen LogP contribution in [0.5, 0.6) is 5.75 Å². The molecule has 1 aliphatic heterocycles. The topological polar surface area (TPSA) is 87.7 Å². The summed E-state index contributed by atoms with van der Waals surface area (Å²) in [5.41, 5.74) is 0.500. The summed E-state index contributed by atoms with van der Waals surface area (Å²) in [4.78, 5) is 36.2. The molecule has 0 aliphatic carbocycles. The maximum Gasteiger partial charge on any atom is 0.313 e. The van der Waals surface area contributed by atoms with E-state index in [2.05, 4.69) is 20.2 Å². The fourth-order valence-corrected chi connectivity index (χ4v) is 2.60. The van der Waals surface area contributed by atoms with Gasteiger partial charge >= 0.3 is 11.8 Å². The molecule has 2 aromatic rings. The van der Waals surface area contributed by atoms with Gasteiger partial charge in [0, 0.05) is 44.6 Å². The maximum absolute atomic E-state index is 12.3. The van der Waals surface area contributed by atoms with Gasteiger partial charge in [-0.25, -0.2) is 4.98 Å². The number of nitrogens with one attached hydrogen (secondary N) is 1. The smallest absolute Gasteiger partial charge is 0.313 e. The van der Waals surface area contributed by atoms with E-state index in [1.54, 1.807) is 42.6 Å². The second-order valence-electron chi connectivity index (χ2n) is 5.53. The lowest BCUT2D eigenvalue weighted by atomic mass is 10.3. The van der Waals surface area contributed by atoms with Gasteiger partial charge in [-0.3, -0.25) is 14.6 Å². The minimum atomic E-state index is -0.652. The Bertz CT molecular complexity index is 745. The van der Waals surface area contributed by atoms with E-state index < -0.39 is 11.8 Å². The third-order valence-electron chi connectivity index (χ3n) is 3.96. The zero-order chi connectivity index (χ0) is 17.6. The van der Waals surface area contributed by atoms with Gasteiger partial charge in [0.05, 0.1) is 19.0 Å². The first kappa shape index (κ1) is 16.7. The number of carbonyl (C=O) groups is 2. The van der Waals surface area contributed by atoms with Crippen molar-refractivity contribution < 1.29 is 14.3 Å².